The highest BCUT2D eigenvalue weighted by atomic mass is 32.3. The number of unbranched alkanes of at least 4 members (excludes halogenated alkanes) is 5. The van der Waals surface area contributed by atoms with E-state index < -0.39 is 10.3 Å². The van der Waals surface area contributed by atoms with Gasteiger partial charge < -0.3 is 4.18 Å². The first-order valence-corrected chi connectivity index (χ1v) is 17.4. The van der Waals surface area contributed by atoms with Crippen molar-refractivity contribution in [2.24, 2.45) is 23.2 Å². The summed E-state index contributed by atoms with van der Waals surface area (Å²) >= 11 is 0. The van der Waals surface area contributed by atoms with E-state index in [1.54, 1.807) is 0 Å². The molecule has 0 amide bonds. The molecule has 40 heavy (non-hydrogen) atoms. The van der Waals surface area contributed by atoms with Crippen LogP contribution in [-0.2, 0) is 15.4 Å². The van der Waals surface area contributed by atoms with E-state index in [1.807, 2.05) is 0 Å². The molecule has 4 saturated carbocycles. The van der Waals surface area contributed by atoms with Crippen LogP contribution >= 0.6 is 10.3 Å². The molecule has 3 aromatic rings. The topological polar surface area (TPSA) is 26.3 Å². The van der Waals surface area contributed by atoms with E-state index in [9.17, 15) is 4.79 Å². The Hall–Kier alpha value is -2.52. The normalized spacial score (nSPS) is 25.6. The molecule has 0 aliphatic heterocycles. The minimum absolute atomic E-state index is 0.0606. The average molecular weight is 555 g/mol. The fraction of sp³-hybridized carbons (Fsp3) is 0.486. The summed E-state index contributed by atoms with van der Waals surface area (Å²) in [5, 5.41) is 0. The average Bonchev–Trinajstić information content (AvgIpc) is 2.98. The molecule has 0 spiro atoms. The van der Waals surface area contributed by atoms with E-state index in [2.05, 4.69) is 91.9 Å². The third-order valence-corrected chi connectivity index (χ3v) is 13.1. The summed E-state index contributed by atoms with van der Waals surface area (Å²) in [5.41, 5.74) is 1.08. The zero-order valence-corrected chi connectivity index (χ0v) is 25.0. The van der Waals surface area contributed by atoms with Crippen molar-refractivity contribution in [3.8, 4) is 0 Å². The molecule has 4 fully saturated rings. The SMILES string of the molecule is CCCCCCCCc1ccc(S(OC(=O)C23CC4CC(CC(C4)C2)C3)(c2ccccc2)c2ccccc2)cc1. The molecule has 2 nitrogen and oxygen atoms in total. The van der Waals surface area contributed by atoms with Crippen molar-refractivity contribution in [3.05, 3.63) is 90.5 Å². The number of hydrogen-bond donors (Lipinski definition) is 0. The summed E-state index contributed by atoms with van der Waals surface area (Å²) in [6.07, 6.45) is 16.0. The Morgan fingerprint density at radius 3 is 1.68 bits per heavy atom. The first-order chi connectivity index (χ1) is 19.6. The van der Waals surface area contributed by atoms with Crippen LogP contribution in [0.1, 0.15) is 89.5 Å². The molecule has 4 aliphatic rings. The van der Waals surface area contributed by atoms with Crippen molar-refractivity contribution in [1.82, 2.24) is 0 Å². The van der Waals surface area contributed by atoms with Gasteiger partial charge in [0.2, 0.25) is 0 Å². The van der Waals surface area contributed by atoms with E-state index >= 15 is 0 Å². The second kappa shape index (κ2) is 12.1. The number of carbonyl (C=O) groups excluding carboxylic acids is 1. The lowest BCUT2D eigenvalue weighted by Gasteiger charge is -2.56. The van der Waals surface area contributed by atoms with Gasteiger partial charge in [0.25, 0.3) is 0 Å². The van der Waals surface area contributed by atoms with Crippen LogP contribution in [0.5, 0.6) is 0 Å². The lowest BCUT2D eigenvalue weighted by molar-refractivity contribution is -0.160. The Morgan fingerprint density at radius 1 is 0.675 bits per heavy atom. The van der Waals surface area contributed by atoms with Crippen molar-refractivity contribution < 1.29 is 8.98 Å². The van der Waals surface area contributed by atoms with Crippen molar-refractivity contribution in [2.45, 2.75) is 105 Å². The fourth-order valence-electron chi connectivity index (χ4n) is 8.30. The molecular formula is C37H46O2S. The van der Waals surface area contributed by atoms with Gasteiger partial charge >= 0.3 is 5.97 Å². The third kappa shape index (κ3) is 5.51. The largest absolute Gasteiger partial charge is 0.402 e. The smallest absolute Gasteiger partial charge is 0.323 e. The van der Waals surface area contributed by atoms with Crippen LogP contribution < -0.4 is 0 Å². The Morgan fingerprint density at radius 2 is 1.15 bits per heavy atom. The molecule has 0 N–H and O–H groups in total. The van der Waals surface area contributed by atoms with Crippen LogP contribution in [0.3, 0.4) is 0 Å². The van der Waals surface area contributed by atoms with E-state index in [-0.39, 0.29) is 11.4 Å². The fourth-order valence-corrected chi connectivity index (χ4v) is 11.4. The first-order valence-electron chi connectivity index (χ1n) is 15.9. The lowest BCUT2D eigenvalue weighted by atomic mass is 9.49. The third-order valence-electron chi connectivity index (χ3n) is 9.90. The second-order valence-corrected chi connectivity index (χ2v) is 15.6. The number of carbonyl (C=O) groups is 1. The molecule has 0 heterocycles. The highest BCUT2D eigenvalue weighted by Crippen LogP contribution is 2.71. The zero-order chi connectivity index (χ0) is 27.4. The molecule has 3 aromatic carbocycles. The van der Waals surface area contributed by atoms with Crippen molar-refractivity contribution in [2.75, 3.05) is 0 Å². The number of benzene rings is 3. The summed E-state index contributed by atoms with van der Waals surface area (Å²) in [6.45, 7) is 2.27. The molecular weight excluding hydrogens is 508 g/mol. The molecule has 0 aromatic heterocycles. The Bertz CT molecular complexity index is 1180. The van der Waals surface area contributed by atoms with Crippen molar-refractivity contribution in [1.29, 1.82) is 0 Å². The second-order valence-electron chi connectivity index (χ2n) is 12.9. The van der Waals surface area contributed by atoms with Crippen LogP contribution in [0.15, 0.2) is 99.6 Å². The van der Waals surface area contributed by atoms with Crippen LogP contribution in [0.2, 0.25) is 0 Å². The Labute approximate surface area is 243 Å². The van der Waals surface area contributed by atoms with Crippen molar-refractivity contribution in [3.63, 3.8) is 0 Å². The molecule has 4 bridgehead atoms. The maximum Gasteiger partial charge on any atom is 0.323 e. The molecule has 0 unspecified atom stereocenters. The van der Waals surface area contributed by atoms with Gasteiger partial charge in [-0.15, -0.1) is 0 Å². The van der Waals surface area contributed by atoms with Crippen LogP contribution in [-0.4, -0.2) is 5.97 Å². The summed E-state index contributed by atoms with van der Waals surface area (Å²) in [7, 11) is -2.23. The molecule has 4 aliphatic carbocycles. The van der Waals surface area contributed by atoms with Crippen LogP contribution in [0.4, 0.5) is 0 Å². The van der Waals surface area contributed by atoms with Gasteiger partial charge in [0, 0.05) is 14.7 Å². The Kier molecular flexibility index (Phi) is 8.40. The predicted molar refractivity (Wildman–Crippen MR) is 165 cm³/mol. The van der Waals surface area contributed by atoms with Gasteiger partial charge in [-0.05, 0) is 121 Å². The number of rotatable bonds is 12. The highest BCUT2D eigenvalue weighted by Gasteiger charge is 2.57. The summed E-state index contributed by atoms with van der Waals surface area (Å²) < 4.78 is 7.10. The molecule has 7 rings (SSSR count). The summed E-state index contributed by atoms with van der Waals surface area (Å²) in [5.74, 6) is 2.18. The van der Waals surface area contributed by atoms with Gasteiger partial charge in [0.05, 0.1) is 5.41 Å². The molecule has 0 saturated heterocycles. The summed E-state index contributed by atoms with van der Waals surface area (Å²) in [6, 6.07) is 30.2. The predicted octanol–water partition coefficient (Wildman–Crippen LogP) is 10.5. The van der Waals surface area contributed by atoms with Gasteiger partial charge in [-0.2, -0.15) is 0 Å². The highest BCUT2D eigenvalue weighted by molar-refractivity contribution is 8.30. The van der Waals surface area contributed by atoms with Gasteiger partial charge in [0.15, 0.2) is 0 Å². The van der Waals surface area contributed by atoms with E-state index in [4.69, 9.17) is 4.18 Å². The van der Waals surface area contributed by atoms with E-state index in [1.165, 1.54) is 63.4 Å². The van der Waals surface area contributed by atoms with E-state index in [0.29, 0.717) is 17.8 Å². The molecule has 0 atom stereocenters. The van der Waals surface area contributed by atoms with E-state index in [0.717, 1.165) is 40.4 Å². The van der Waals surface area contributed by atoms with Gasteiger partial charge in [-0.25, -0.2) is 0 Å². The minimum Gasteiger partial charge on any atom is -0.402 e. The maximum atomic E-state index is 14.5. The minimum atomic E-state index is -2.23. The van der Waals surface area contributed by atoms with Gasteiger partial charge in [0.1, 0.15) is 0 Å². The van der Waals surface area contributed by atoms with Gasteiger partial charge in [-0.1, -0.05) is 87.6 Å². The molecule has 3 heteroatoms. The summed E-state index contributed by atoms with van der Waals surface area (Å²) in [4.78, 5) is 17.9. The maximum absolute atomic E-state index is 14.5. The molecule has 212 valence electrons. The lowest BCUT2D eigenvalue weighted by Crippen LogP contribution is -2.50. The number of hydrogen-bond acceptors (Lipinski definition) is 2. The monoisotopic (exact) mass is 554 g/mol. The standard InChI is InChI=1S/C37H46O2S/c1-2-3-4-5-6-9-14-29-19-21-35(22-20-29)40(33-15-10-7-11-16-33,34-17-12-8-13-18-34)39-36(38)37-26-30-23-31(27-37)25-32(24-30)28-37/h7-8,10-13,15-22,30-32H,2-6,9,14,23-28H2,1H3. The van der Waals surface area contributed by atoms with Gasteiger partial charge in [-0.3, -0.25) is 4.79 Å². The van der Waals surface area contributed by atoms with Crippen LogP contribution in [0, 0.1) is 23.2 Å². The van der Waals surface area contributed by atoms with Crippen LogP contribution in [0.25, 0.3) is 0 Å². The quantitative estimate of drug-likeness (QED) is 0.208. The Balaban J connectivity index is 1.33. The van der Waals surface area contributed by atoms with Crippen molar-refractivity contribution >= 4 is 16.3 Å². The molecule has 0 radical (unpaired) electrons. The first kappa shape index (κ1) is 27.6. The number of aryl methyl sites for hydroxylation is 1. The zero-order valence-electron chi connectivity index (χ0n) is 24.2.